The Kier molecular flexibility index (Phi) is 9.18. The van der Waals surface area contributed by atoms with Crippen molar-refractivity contribution in [3.63, 3.8) is 0 Å². The third-order valence-corrected chi connectivity index (χ3v) is 4.67. The first kappa shape index (κ1) is 22.5. The number of nitrogens with one attached hydrogen (secondary N) is 1. The van der Waals surface area contributed by atoms with E-state index in [1.54, 1.807) is 7.05 Å². The van der Waals surface area contributed by atoms with E-state index in [1.807, 2.05) is 32.0 Å². The molecule has 1 saturated heterocycles. The van der Waals surface area contributed by atoms with E-state index in [9.17, 15) is 4.79 Å². The lowest BCUT2D eigenvalue weighted by atomic mass is 9.99. The molecule has 26 heavy (non-hydrogen) atoms. The smallest absolute Gasteiger partial charge is 0.310 e. The van der Waals surface area contributed by atoms with Gasteiger partial charge in [-0.15, -0.1) is 24.0 Å². The van der Waals surface area contributed by atoms with Gasteiger partial charge < -0.3 is 19.7 Å². The quantitative estimate of drug-likeness (QED) is 0.233. The summed E-state index contributed by atoms with van der Waals surface area (Å²) in [5.41, 5.74) is 2.28. The number of esters is 1. The van der Waals surface area contributed by atoms with E-state index >= 15 is 0 Å². The summed E-state index contributed by atoms with van der Waals surface area (Å²) in [4.78, 5) is 18.3. The maximum atomic E-state index is 11.8. The molecule has 0 radical (unpaired) electrons. The molecule has 1 heterocycles. The third-order valence-electron chi connectivity index (χ3n) is 4.67. The van der Waals surface area contributed by atoms with Gasteiger partial charge in [-0.1, -0.05) is 25.1 Å². The van der Waals surface area contributed by atoms with Gasteiger partial charge in [-0.25, -0.2) is 0 Å². The molecule has 1 aromatic carbocycles. The third kappa shape index (κ3) is 5.49. The van der Waals surface area contributed by atoms with Crippen molar-refractivity contribution >= 4 is 35.9 Å². The number of nitrogens with zero attached hydrogens (tertiary/aromatic N) is 2. The van der Waals surface area contributed by atoms with Gasteiger partial charge in [0.25, 0.3) is 0 Å². The van der Waals surface area contributed by atoms with Crippen LogP contribution in [0.1, 0.15) is 18.1 Å². The molecule has 0 spiro atoms. The standard InChI is InChI=1S/C19H29N3O3.HI/c1-13-7-6-8-14(2)17(13)25-10-9-21-19(20-4)22-11-15(3)16(12-22)18(23)24-5;/h6-8,15-16H,9-12H2,1-5H3,(H,20,21);1H. The summed E-state index contributed by atoms with van der Waals surface area (Å²) in [5.74, 6) is 1.73. The van der Waals surface area contributed by atoms with Crippen LogP contribution in [-0.4, -0.2) is 57.2 Å². The van der Waals surface area contributed by atoms with Gasteiger partial charge in [0.05, 0.1) is 19.6 Å². The largest absolute Gasteiger partial charge is 0.491 e. The second-order valence-corrected chi connectivity index (χ2v) is 6.56. The molecule has 146 valence electrons. The van der Waals surface area contributed by atoms with Crippen LogP contribution in [0.2, 0.25) is 0 Å². The lowest BCUT2D eigenvalue weighted by Gasteiger charge is -2.21. The van der Waals surface area contributed by atoms with Gasteiger partial charge in [-0.2, -0.15) is 0 Å². The first-order valence-electron chi connectivity index (χ1n) is 8.70. The number of carbonyl (C=O) groups is 1. The van der Waals surface area contributed by atoms with Crippen molar-refractivity contribution in [2.24, 2.45) is 16.8 Å². The lowest BCUT2D eigenvalue weighted by Crippen LogP contribution is -2.42. The first-order chi connectivity index (χ1) is 12.0. The number of benzene rings is 1. The number of rotatable bonds is 5. The molecule has 0 saturated carbocycles. The summed E-state index contributed by atoms with van der Waals surface area (Å²) in [6, 6.07) is 6.13. The highest BCUT2D eigenvalue weighted by Crippen LogP contribution is 2.24. The zero-order chi connectivity index (χ0) is 18.4. The molecule has 2 atom stereocenters. The zero-order valence-corrected chi connectivity index (χ0v) is 18.6. The van der Waals surface area contributed by atoms with Crippen molar-refractivity contribution in [2.75, 3.05) is 40.4 Å². The number of hydrogen-bond donors (Lipinski definition) is 1. The van der Waals surface area contributed by atoms with Crippen LogP contribution in [0.5, 0.6) is 5.75 Å². The van der Waals surface area contributed by atoms with Crippen molar-refractivity contribution in [2.45, 2.75) is 20.8 Å². The van der Waals surface area contributed by atoms with Crippen molar-refractivity contribution in [1.82, 2.24) is 10.2 Å². The highest BCUT2D eigenvalue weighted by molar-refractivity contribution is 14.0. The number of carbonyl (C=O) groups excluding carboxylic acids is 1. The molecule has 1 fully saturated rings. The van der Waals surface area contributed by atoms with E-state index in [1.165, 1.54) is 7.11 Å². The topological polar surface area (TPSA) is 63.2 Å². The van der Waals surface area contributed by atoms with Crippen molar-refractivity contribution in [3.05, 3.63) is 29.3 Å². The van der Waals surface area contributed by atoms with Crippen LogP contribution >= 0.6 is 24.0 Å². The molecule has 1 aliphatic heterocycles. The fourth-order valence-corrected chi connectivity index (χ4v) is 3.27. The Morgan fingerprint density at radius 2 is 1.96 bits per heavy atom. The van der Waals surface area contributed by atoms with Gasteiger partial charge in [0, 0.05) is 20.1 Å². The minimum atomic E-state index is -0.149. The molecule has 1 aromatic rings. The summed E-state index contributed by atoms with van der Waals surface area (Å²) < 4.78 is 10.8. The second kappa shape index (κ2) is 10.6. The maximum absolute atomic E-state index is 11.8. The highest BCUT2D eigenvalue weighted by atomic mass is 127. The van der Waals surface area contributed by atoms with Crippen LogP contribution in [0, 0.1) is 25.7 Å². The lowest BCUT2D eigenvalue weighted by molar-refractivity contribution is -0.145. The normalized spacial score (nSPS) is 19.7. The molecular weight excluding hydrogens is 445 g/mol. The summed E-state index contributed by atoms with van der Waals surface area (Å²) in [7, 11) is 3.19. The molecule has 0 aliphatic carbocycles. The molecule has 0 amide bonds. The molecule has 1 aliphatic rings. The Morgan fingerprint density at radius 3 is 2.54 bits per heavy atom. The Bertz CT molecular complexity index is 616. The van der Waals surface area contributed by atoms with E-state index < -0.39 is 0 Å². The number of likely N-dealkylation sites (tertiary alicyclic amines) is 1. The number of aliphatic imine (C=N–C) groups is 1. The number of aryl methyl sites for hydroxylation is 2. The van der Waals surface area contributed by atoms with Crippen LogP contribution in [0.25, 0.3) is 0 Å². The van der Waals surface area contributed by atoms with Gasteiger partial charge in [-0.3, -0.25) is 9.79 Å². The van der Waals surface area contributed by atoms with E-state index in [2.05, 4.69) is 22.1 Å². The van der Waals surface area contributed by atoms with Crippen LogP contribution < -0.4 is 10.1 Å². The fraction of sp³-hybridized carbons (Fsp3) is 0.579. The van der Waals surface area contributed by atoms with Gasteiger partial charge in [-0.05, 0) is 30.9 Å². The van der Waals surface area contributed by atoms with E-state index in [4.69, 9.17) is 9.47 Å². The molecular formula is C19H30IN3O3. The first-order valence-corrected chi connectivity index (χ1v) is 8.70. The molecule has 7 heteroatoms. The number of methoxy groups -OCH3 is 1. The minimum Gasteiger partial charge on any atom is -0.491 e. The number of guanidine groups is 1. The Hall–Kier alpha value is -1.51. The molecule has 0 bridgehead atoms. The fourth-order valence-electron chi connectivity index (χ4n) is 3.27. The Balaban J connectivity index is 0.00000338. The second-order valence-electron chi connectivity index (χ2n) is 6.56. The van der Waals surface area contributed by atoms with Crippen LogP contribution in [-0.2, 0) is 9.53 Å². The van der Waals surface area contributed by atoms with Gasteiger partial charge in [0.2, 0.25) is 0 Å². The molecule has 2 rings (SSSR count). The average molecular weight is 475 g/mol. The van der Waals surface area contributed by atoms with Crippen LogP contribution in [0.3, 0.4) is 0 Å². The predicted molar refractivity (Wildman–Crippen MR) is 114 cm³/mol. The number of para-hydroxylation sites is 1. The summed E-state index contributed by atoms with van der Waals surface area (Å²) in [6.45, 7) is 8.78. The monoisotopic (exact) mass is 475 g/mol. The van der Waals surface area contributed by atoms with Gasteiger partial charge in [0.1, 0.15) is 12.4 Å². The zero-order valence-electron chi connectivity index (χ0n) is 16.2. The molecule has 0 aromatic heterocycles. The number of ether oxygens (including phenoxy) is 2. The Labute approximate surface area is 173 Å². The highest BCUT2D eigenvalue weighted by Gasteiger charge is 2.36. The van der Waals surface area contributed by atoms with E-state index in [0.717, 1.165) is 29.4 Å². The van der Waals surface area contributed by atoms with Crippen LogP contribution in [0.15, 0.2) is 23.2 Å². The number of halogens is 1. The Morgan fingerprint density at radius 1 is 1.31 bits per heavy atom. The summed E-state index contributed by atoms with van der Waals surface area (Å²) in [5, 5.41) is 3.32. The van der Waals surface area contributed by atoms with Gasteiger partial charge >= 0.3 is 5.97 Å². The summed E-state index contributed by atoms with van der Waals surface area (Å²) in [6.07, 6.45) is 0. The van der Waals surface area contributed by atoms with Crippen molar-refractivity contribution < 1.29 is 14.3 Å². The van der Waals surface area contributed by atoms with E-state index in [-0.39, 0.29) is 41.8 Å². The SMILES string of the molecule is CN=C(NCCOc1c(C)cccc1C)N1CC(C)C(C(=O)OC)C1.I. The predicted octanol–water partition coefficient (Wildman–Crippen LogP) is 2.62. The molecule has 2 unspecified atom stereocenters. The number of hydrogen-bond acceptors (Lipinski definition) is 4. The van der Waals surface area contributed by atoms with Crippen LogP contribution in [0.4, 0.5) is 0 Å². The minimum absolute atomic E-state index is 0. The molecule has 1 N–H and O–H groups in total. The van der Waals surface area contributed by atoms with Gasteiger partial charge in [0.15, 0.2) is 5.96 Å². The van der Waals surface area contributed by atoms with E-state index in [0.29, 0.717) is 19.7 Å². The average Bonchev–Trinajstić information content (AvgIpc) is 2.98. The summed E-state index contributed by atoms with van der Waals surface area (Å²) >= 11 is 0. The maximum Gasteiger partial charge on any atom is 0.310 e. The van der Waals surface area contributed by atoms with Crippen molar-refractivity contribution in [1.29, 1.82) is 0 Å². The molecule has 6 nitrogen and oxygen atoms in total. The van der Waals surface area contributed by atoms with Crippen molar-refractivity contribution in [3.8, 4) is 5.75 Å².